The van der Waals surface area contributed by atoms with E-state index < -0.39 is 0 Å². The number of piperazine rings is 1. The van der Waals surface area contributed by atoms with E-state index in [1.807, 2.05) is 24.3 Å². The average molecular weight is 287 g/mol. The van der Waals surface area contributed by atoms with E-state index in [0.717, 1.165) is 37.7 Å². The summed E-state index contributed by atoms with van der Waals surface area (Å²) in [4.78, 5) is 8.80. The molecule has 0 spiro atoms. The number of benzene rings is 1. The van der Waals surface area contributed by atoms with Crippen molar-refractivity contribution in [3.8, 4) is 5.75 Å². The van der Waals surface area contributed by atoms with Crippen LogP contribution in [0.2, 0.25) is 0 Å². The first-order valence-electron chi connectivity index (χ1n) is 7.02. The average Bonchev–Trinajstić information content (AvgIpc) is 2.56. The molecule has 1 fully saturated rings. The predicted octanol–water partition coefficient (Wildman–Crippen LogP) is 2.56. The van der Waals surface area contributed by atoms with Gasteiger partial charge in [0, 0.05) is 44.1 Å². The van der Waals surface area contributed by atoms with Crippen LogP contribution in [0, 0.1) is 5.82 Å². The van der Waals surface area contributed by atoms with Gasteiger partial charge in [0.2, 0.25) is 0 Å². The highest BCUT2D eigenvalue weighted by molar-refractivity contribution is 5.52. The zero-order valence-corrected chi connectivity index (χ0v) is 12.0. The maximum atomic E-state index is 13.8. The third-order valence-electron chi connectivity index (χ3n) is 3.75. The largest absolute Gasteiger partial charge is 0.494 e. The predicted molar refractivity (Wildman–Crippen MR) is 81.6 cm³/mol. The third-order valence-corrected chi connectivity index (χ3v) is 3.75. The fraction of sp³-hybridized carbons (Fsp3) is 0.312. The van der Waals surface area contributed by atoms with Crippen molar-refractivity contribution in [3.63, 3.8) is 0 Å². The summed E-state index contributed by atoms with van der Waals surface area (Å²) in [5, 5.41) is 0. The molecule has 0 atom stereocenters. The molecule has 1 aromatic heterocycles. The van der Waals surface area contributed by atoms with Crippen molar-refractivity contribution in [2.24, 2.45) is 0 Å². The van der Waals surface area contributed by atoms with Crippen LogP contribution in [0.1, 0.15) is 0 Å². The lowest BCUT2D eigenvalue weighted by atomic mass is 10.2. The van der Waals surface area contributed by atoms with Crippen molar-refractivity contribution in [3.05, 3.63) is 48.4 Å². The normalized spacial score (nSPS) is 15.1. The zero-order valence-electron chi connectivity index (χ0n) is 12.0. The van der Waals surface area contributed by atoms with Gasteiger partial charge in [-0.25, -0.2) is 9.37 Å². The van der Waals surface area contributed by atoms with Gasteiger partial charge in [-0.15, -0.1) is 0 Å². The molecule has 21 heavy (non-hydrogen) atoms. The molecule has 0 amide bonds. The molecular formula is C16H18FN3O. The van der Waals surface area contributed by atoms with Crippen molar-refractivity contribution >= 4 is 11.5 Å². The van der Waals surface area contributed by atoms with Crippen LogP contribution in [0.4, 0.5) is 15.9 Å². The molecule has 110 valence electrons. The molecule has 5 heteroatoms. The highest BCUT2D eigenvalue weighted by Crippen LogP contribution is 2.25. The minimum Gasteiger partial charge on any atom is -0.494 e. The molecule has 0 saturated carbocycles. The lowest BCUT2D eigenvalue weighted by Gasteiger charge is -2.36. The Morgan fingerprint density at radius 2 is 1.81 bits per heavy atom. The molecule has 2 aromatic rings. The van der Waals surface area contributed by atoms with Gasteiger partial charge in [-0.2, -0.15) is 0 Å². The Hall–Kier alpha value is -2.30. The standard InChI is InChI=1S/C16H18FN3O/c1-21-15-6-5-13(12-14(15)17)19-8-10-20(11-9-19)16-4-2-3-7-18-16/h2-7,12H,8-11H2,1H3. The minimum atomic E-state index is -0.317. The van der Waals surface area contributed by atoms with E-state index in [0.29, 0.717) is 0 Å². The number of methoxy groups -OCH3 is 1. The Balaban J connectivity index is 1.67. The first-order valence-corrected chi connectivity index (χ1v) is 7.02. The fourth-order valence-corrected chi connectivity index (χ4v) is 2.59. The van der Waals surface area contributed by atoms with Gasteiger partial charge in [0.25, 0.3) is 0 Å². The number of hydrogen-bond donors (Lipinski definition) is 0. The molecule has 4 nitrogen and oxygen atoms in total. The first-order chi connectivity index (χ1) is 10.3. The van der Waals surface area contributed by atoms with Crippen LogP contribution < -0.4 is 14.5 Å². The minimum absolute atomic E-state index is 0.283. The second kappa shape index (κ2) is 5.99. The van der Waals surface area contributed by atoms with E-state index in [9.17, 15) is 4.39 Å². The number of ether oxygens (including phenoxy) is 1. The van der Waals surface area contributed by atoms with Crippen LogP contribution in [0.3, 0.4) is 0 Å². The van der Waals surface area contributed by atoms with Crippen molar-refractivity contribution in [1.29, 1.82) is 0 Å². The summed E-state index contributed by atoms with van der Waals surface area (Å²) in [6, 6.07) is 11.0. The molecule has 3 rings (SSSR count). The Morgan fingerprint density at radius 1 is 1.05 bits per heavy atom. The van der Waals surface area contributed by atoms with Crippen LogP contribution in [-0.4, -0.2) is 38.3 Å². The Kier molecular flexibility index (Phi) is 3.90. The van der Waals surface area contributed by atoms with E-state index in [-0.39, 0.29) is 11.6 Å². The van der Waals surface area contributed by atoms with Crippen molar-refractivity contribution in [2.75, 3.05) is 43.1 Å². The Morgan fingerprint density at radius 3 is 2.43 bits per heavy atom. The van der Waals surface area contributed by atoms with Crippen LogP contribution in [0.5, 0.6) is 5.75 Å². The van der Waals surface area contributed by atoms with E-state index in [2.05, 4.69) is 14.8 Å². The molecule has 0 radical (unpaired) electrons. The molecular weight excluding hydrogens is 269 g/mol. The summed E-state index contributed by atoms with van der Waals surface area (Å²) < 4.78 is 18.7. The number of anilines is 2. The number of halogens is 1. The highest BCUT2D eigenvalue weighted by atomic mass is 19.1. The van der Waals surface area contributed by atoms with Crippen LogP contribution >= 0.6 is 0 Å². The molecule has 1 aliphatic heterocycles. The number of nitrogens with zero attached hydrogens (tertiary/aromatic N) is 3. The third kappa shape index (κ3) is 2.91. The molecule has 1 aromatic carbocycles. The number of rotatable bonds is 3. The summed E-state index contributed by atoms with van der Waals surface area (Å²) in [6.07, 6.45) is 1.81. The Bertz CT molecular complexity index is 598. The molecule has 0 N–H and O–H groups in total. The van der Waals surface area contributed by atoms with Gasteiger partial charge in [0.15, 0.2) is 11.6 Å². The topological polar surface area (TPSA) is 28.6 Å². The van der Waals surface area contributed by atoms with Gasteiger partial charge in [0.1, 0.15) is 5.82 Å². The summed E-state index contributed by atoms with van der Waals surface area (Å²) in [5.41, 5.74) is 0.897. The summed E-state index contributed by atoms with van der Waals surface area (Å²) in [5.74, 6) is 0.964. The van der Waals surface area contributed by atoms with E-state index >= 15 is 0 Å². The van der Waals surface area contributed by atoms with Gasteiger partial charge < -0.3 is 14.5 Å². The summed E-state index contributed by atoms with van der Waals surface area (Å²) in [7, 11) is 1.48. The monoisotopic (exact) mass is 287 g/mol. The lowest BCUT2D eigenvalue weighted by Crippen LogP contribution is -2.46. The Labute approximate surface area is 123 Å². The van der Waals surface area contributed by atoms with E-state index in [4.69, 9.17) is 4.74 Å². The first kappa shape index (κ1) is 13.7. The quantitative estimate of drug-likeness (QED) is 0.867. The molecule has 0 aliphatic carbocycles. The molecule has 0 bridgehead atoms. The maximum Gasteiger partial charge on any atom is 0.167 e. The van der Waals surface area contributed by atoms with Crippen LogP contribution in [0.15, 0.2) is 42.6 Å². The van der Waals surface area contributed by atoms with Gasteiger partial charge in [-0.05, 0) is 24.3 Å². The lowest BCUT2D eigenvalue weighted by molar-refractivity contribution is 0.386. The summed E-state index contributed by atoms with van der Waals surface area (Å²) >= 11 is 0. The van der Waals surface area contributed by atoms with Crippen molar-refractivity contribution in [2.45, 2.75) is 0 Å². The van der Waals surface area contributed by atoms with Gasteiger partial charge in [0.05, 0.1) is 7.11 Å². The molecule has 0 unspecified atom stereocenters. The number of pyridine rings is 1. The molecule has 1 saturated heterocycles. The fourth-order valence-electron chi connectivity index (χ4n) is 2.59. The second-order valence-corrected chi connectivity index (χ2v) is 4.98. The van der Waals surface area contributed by atoms with E-state index in [1.54, 1.807) is 12.3 Å². The maximum absolute atomic E-state index is 13.8. The van der Waals surface area contributed by atoms with Gasteiger partial charge in [-0.3, -0.25) is 0 Å². The summed E-state index contributed by atoms with van der Waals surface area (Å²) in [6.45, 7) is 3.46. The molecule has 1 aliphatic rings. The number of aromatic nitrogens is 1. The SMILES string of the molecule is COc1ccc(N2CCN(c3ccccn3)CC2)cc1F. The van der Waals surface area contributed by atoms with Crippen molar-refractivity contribution in [1.82, 2.24) is 4.98 Å². The zero-order chi connectivity index (χ0) is 14.7. The van der Waals surface area contributed by atoms with Gasteiger partial charge >= 0.3 is 0 Å². The highest BCUT2D eigenvalue weighted by Gasteiger charge is 2.19. The smallest absolute Gasteiger partial charge is 0.167 e. The van der Waals surface area contributed by atoms with Crippen molar-refractivity contribution < 1.29 is 9.13 Å². The van der Waals surface area contributed by atoms with Crippen LogP contribution in [-0.2, 0) is 0 Å². The van der Waals surface area contributed by atoms with Gasteiger partial charge in [-0.1, -0.05) is 6.07 Å². The molecule has 2 heterocycles. The second-order valence-electron chi connectivity index (χ2n) is 4.98. The van der Waals surface area contributed by atoms with E-state index in [1.165, 1.54) is 13.2 Å². The van der Waals surface area contributed by atoms with Crippen LogP contribution in [0.25, 0.3) is 0 Å². The number of hydrogen-bond acceptors (Lipinski definition) is 4.